The SMILES string of the molecule is CCOC(=O)c1cc(-c2ccc(-c3ccccc3)cc2)nc2c1ncn2C. The number of carbonyl (C=O) groups is 1. The maximum atomic E-state index is 12.4. The zero-order valence-electron chi connectivity index (χ0n) is 15.2. The molecule has 2 heterocycles. The lowest BCUT2D eigenvalue weighted by Gasteiger charge is -2.08. The van der Waals surface area contributed by atoms with Crippen molar-refractivity contribution in [2.75, 3.05) is 6.61 Å². The van der Waals surface area contributed by atoms with Crippen molar-refractivity contribution < 1.29 is 9.53 Å². The lowest BCUT2D eigenvalue weighted by Crippen LogP contribution is -2.07. The second-order valence-corrected chi connectivity index (χ2v) is 6.25. The standard InChI is InChI=1S/C22H19N3O2/c1-3-27-22(26)18-13-19(24-21-20(18)23-14-25(21)2)17-11-9-16(10-12-17)15-7-5-4-6-8-15/h4-14H,3H2,1-2H3. The minimum absolute atomic E-state index is 0.316. The average Bonchev–Trinajstić information content (AvgIpc) is 3.09. The van der Waals surface area contributed by atoms with Crippen LogP contribution in [0.25, 0.3) is 33.5 Å². The first-order valence-electron chi connectivity index (χ1n) is 8.82. The van der Waals surface area contributed by atoms with E-state index >= 15 is 0 Å². The van der Waals surface area contributed by atoms with Crippen LogP contribution in [0, 0.1) is 0 Å². The van der Waals surface area contributed by atoms with Crippen LogP contribution in [0.3, 0.4) is 0 Å². The van der Waals surface area contributed by atoms with Crippen LogP contribution in [0.5, 0.6) is 0 Å². The fourth-order valence-corrected chi connectivity index (χ4v) is 3.07. The topological polar surface area (TPSA) is 57.0 Å². The second kappa shape index (κ2) is 7.03. The molecule has 4 rings (SSSR count). The van der Waals surface area contributed by atoms with Crippen LogP contribution in [-0.2, 0) is 11.8 Å². The first kappa shape index (κ1) is 17.0. The Balaban J connectivity index is 1.79. The number of benzene rings is 2. The molecule has 0 fully saturated rings. The van der Waals surface area contributed by atoms with Gasteiger partial charge < -0.3 is 9.30 Å². The van der Waals surface area contributed by atoms with Crippen molar-refractivity contribution >= 4 is 17.1 Å². The molecule has 4 aromatic rings. The molecule has 0 atom stereocenters. The number of fused-ring (bicyclic) bond motifs is 1. The predicted molar refractivity (Wildman–Crippen MR) is 105 cm³/mol. The molecule has 0 N–H and O–H groups in total. The first-order chi connectivity index (χ1) is 13.2. The van der Waals surface area contributed by atoms with Gasteiger partial charge >= 0.3 is 5.97 Å². The summed E-state index contributed by atoms with van der Waals surface area (Å²) in [5, 5.41) is 0. The molecule has 0 amide bonds. The van der Waals surface area contributed by atoms with E-state index in [1.807, 2.05) is 37.4 Å². The van der Waals surface area contributed by atoms with Crippen LogP contribution in [0.15, 0.2) is 67.0 Å². The minimum atomic E-state index is -0.384. The monoisotopic (exact) mass is 357 g/mol. The highest BCUT2D eigenvalue weighted by Crippen LogP contribution is 2.27. The largest absolute Gasteiger partial charge is 0.462 e. The van der Waals surface area contributed by atoms with Gasteiger partial charge in [0.15, 0.2) is 5.65 Å². The maximum Gasteiger partial charge on any atom is 0.340 e. The van der Waals surface area contributed by atoms with E-state index in [9.17, 15) is 4.79 Å². The van der Waals surface area contributed by atoms with Gasteiger partial charge in [0.2, 0.25) is 0 Å². The van der Waals surface area contributed by atoms with Crippen molar-refractivity contribution in [3.63, 3.8) is 0 Å². The number of carbonyl (C=O) groups excluding carboxylic acids is 1. The quantitative estimate of drug-likeness (QED) is 0.505. The van der Waals surface area contributed by atoms with Crippen LogP contribution in [0.2, 0.25) is 0 Å². The van der Waals surface area contributed by atoms with Gasteiger partial charge in [-0.2, -0.15) is 0 Å². The molecule has 5 nitrogen and oxygen atoms in total. The van der Waals surface area contributed by atoms with E-state index in [0.29, 0.717) is 29.0 Å². The Morgan fingerprint density at radius 1 is 1.00 bits per heavy atom. The van der Waals surface area contributed by atoms with Crippen molar-refractivity contribution in [2.24, 2.45) is 7.05 Å². The van der Waals surface area contributed by atoms with Crippen LogP contribution < -0.4 is 0 Å². The Labute approximate surface area is 157 Å². The van der Waals surface area contributed by atoms with E-state index in [1.165, 1.54) is 0 Å². The summed E-state index contributed by atoms with van der Waals surface area (Å²) in [5.41, 5.74) is 5.59. The van der Waals surface area contributed by atoms with E-state index in [2.05, 4.69) is 29.2 Å². The van der Waals surface area contributed by atoms with E-state index in [1.54, 1.807) is 23.9 Å². The number of nitrogens with zero attached hydrogens (tertiary/aromatic N) is 3. The fraction of sp³-hybridized carbons (Fsp3) is 0.136. The predicted octanol–water partition coefficient (Wildman–Crippen LogP) is 4.48. The summed E-state index contributed by atoms with van der Waals surface area (Å²) in [6.45, 7) is 2.11. The Hall–Kier alpha value is -3.47. The van der Waals surface area contributed by atoms with Crippen molar-refractivity contribution in [2.45, 2.75) is 6.92 Å². The molecule has 0 bridgehead atoms. The van der Waals surface area contributed by atoms with E-state index < -0.39 is 0 Å². The number of pyridine rings is 1. The van der Waals surface area contributed by atoms with E-state index in [4.69, 9.17) is 9.72 Å². The number of aromatic nitrogens is 3. The summed E-state index contributed by atoms with van der Waals surface area (Å²) >= 11 is 0. The van der Waals surface area contributed by atoms with Gasteiger partial charge in [-0.1, -0.05) is 54.6 Å². The molecule has 0 aliphatic rings. The Morgan fingerprint density at radius 3 is 2.37 bits per heavy atom. The number of hydrogen-bond donors (Lipinski definition) is 0. The third-order valence-electron chi connectivity index (χ3n) is 4.45. The van der Waals surface area contributed by atoms with Crippen molar-refractivity contribution in [1.29, 1.82) is 0 Å². The highest BCUT2D eigenvalue weighted by Gasteiger charge is 2.18. The molecule has 0 aliphatic heterocycles. The molecule has 5 heteroatoms. The number of hydrogen-bond acceptors (Lipinski definition) is 4. The highest BCUT2D eigenvalue weighted by atomic mass is 16.5. The molecule has 2 aromatic heterocycles. The van der Waals surface area contributed by atoms with Gasteiger partial charge in [-0.3, -0.25) is 0 Å². The normalized spacial score (nSPS) is 10.9. The summed E-state index contributed by atoms with van der Waals surface area (Å²) in [6.07, 6.45) is 1.66. The Kier molecular flexibility index (Phi) is 4.42. The minimum Gasteiger partial charge on any atom is -0.462 e. The molecule has 134 valence electrons. The van der Waals surface area contributed by atoms with Crippen LogP contribution in [-0.4, -0.2) is 27.1 Å². The van der Waals surface area contributed by atoms with Crippen LogP contribution >= 0.6 is 0 Å². The van der Waals surface area contributed by atoms with Gasteiger partial charge in [0.1, 0.15) is 5.52 Å². The van der Waals surface area contributed by atoms with Crippen LogP contribution in [0.4, 0.5) is 0 Å². The molecular formula is C22H19N3O2. The molecule has 0 unspecified atom stereocenters. The lowest BCUT2D eigenvalue weighted by atomic mass is 10.0. The number of ether oxygens (including phenoxy) is 1. The third-order valence-corrected chi connectivity index (χ3v) is 4.45. The third kappa shape index (κ3) is 3.19. The molecule has 0 aliphatic carbocycles. The smallest absolute Gasteiger partial charge is 0.340 e. The van der Waals surface area contributed by atoms with Crippen molar-refractivity contribution in [3.05, 3.63) is 72.6 Å². The molecule has 0 saturated carbocycles. The van der Waals surface area contributed by atoms with Gasteiger partial charge in [0.25, 0.3) is 0 Å². The molecule has 0 radical (unpaired) electrons. The molecule has 0 spiro atoms. The number of esters is 1. The van der Waals surface area contributed by atoms with E-state index in [0.717, 1.165) is 16.7 Å². The van der Waals surface area contributed by atoms with Crippen molar-refractivity contribution in [3.8, 4) is 22.4 Å². The average molecular weight is 357 g/mol. The fourth-order valence-electron chi connectivity index (χ4n) is 3.07. The lowest BCUT2D eigenvalue weighted by molar-refractivity contribution is 0.0528. The Morgan fingerprint density at radius 2 is 1.67 bits per heavy atom. The highest BCUT2D eigenvalue weighted by molar-refractivity contribution is 6.02. The number of imidazole rings is 1. The number of rotatable bonds is 4. The zero-order chi connectivity index (χ0) is 18.8. The summed E-state index contributed by atoms with van der Waals surface area (Å²) in [6, 6.07) is 20.1. The van der Waals surface area contributed by atoms with E-state index in [-0.39, 0.29) is 5.97 Å². The molecule has 2 aromatic carbocycles. The number of aryl methyl sites for hydroxylation is 1. The van der Waals surface area contributed by atoms with Crippen molar-refractivity contribution in [1.82, 2.24) is 14.5 Å². The maximum absolute atomic E-state index is 12.4. The van der Waals surface area contributed by atoms with Gasteiger partial charge in [-0.15, -0.1) is 0 Å². The zero-order valence-corrected chi connectivity index (χ0v) is 15.2. The summed E-state index contributed by atoms with van der Waals surface area (Å²) in [5.74, 6) is -0.384. The summed E-state index contributed by atoms with van der Waals surface area (Å²) in [4.78, 5) is 21.4. The summed E-state index contributed by atoms with van der Waals surface area (Å²) in [7, 11) is 1.86. The van der Waals surface area contributed by atoms with Gasteiger partial charge in [0, 0.05) is 12.6 Å². The first-order valence-corrected chi connectivity index (χ1v) is 8.82. The van der Waals surface area contributed by atoms with Gasteiger partial charge in [-0.25, -0.2) is 14.8 Å². The Bertz CT molecular complexity index is 1100. The molecule has 27 heavy (non-hydrogen) atoms. The van der Waals surface area contributed by atoms with Gasteiger partial charge in [0.05, 0.1) is 24.2 Å². The van der Waals surface area contributed by atoms with Crippen LogP contribution in [0.1, 0.15) is 17.3 Å². The second-order valence-electron chi connectivity index (χ2n) is 6.25. The summed E-state index contributed by atoms with van der Waals surface area (Å²) < 4.78 is 7.00. The molecule has 0 saturated heterocycles. The molecular weight excluding hydrogens is 338 g/mol. The van der Waals surface area contributed by atoms with Gasteiger partial charge in [-0.05, 0) is 24.1 Å².